The molecule has 1 aliphatic rings. The van der Waals surface area contributed by atoms with Crippen LogP contribution >= 0.6 is 11.3 Å². The number of methoxy groups -OCH3 is 1. The molecule has 1 atom stereocenters. The fraction of sp³-hybridized carbons (Fsp3) is 0.235. The number of para-hydroxylation sites is 2. The van der Waals surface area contributed by atoms with Crippen LogP contribution in [0.3, 0.4) is 0 Å². The summed E-state index contributed by atoms with van der Waals surface area (Å²) in [6.45, 7) is 1.58. The largest absolute Gasteiger partial charge is 0.485 e. The zero-order valence-electron chi connectivity index (χ0n) is 14.0. The van der Waals surface area contributed by atoms with Gasteiger partial charge in [0.05, 0.1) is 12.7 Å². The van der Waals surface area contributed by atoms with E-state index in [1.54, 1.807) is 31.2 Å². The highest BCUT2D eigenvalue weighted by atomic mass is 32.1. The van der Waals surface area contributed by atoms with Crippen molar-refractivity contribution in [3.63, 3.8) is 0 Å². The Labute approximate surface area is 152 Å². The molecule has 1 aliphatic heterocycles. The monoisotopic (exact) mass is 376 g/mol. The van der Waals surface area contributed by atoms with Crippen molar-refractivity contribution in [2.75, 3.05) is 19.0 Å². The highest BCUT2D eigenvalue weighted by Gasteiger charge is 2.30. The van der Waals surface area contributed by atoms with E-state index in [9.17, 15) is 14.4 Å². The first kappa shape index (κ1) is 17.7. The van der Waals surface area contributed by atoms with Gasteiger partial charge in [-0.15, -0.1) is 11.3 Å². The van der Waals surface area contributed by atoms with Crippen molar-refractivity contribution in [1.82, 2.24) is 0 Å². The van der Waals surface area contributed by atoms with Gasteiger partial charge in [0, 0.05) is 0 Å². The molecular formula is C17H16N2O6S. The molecule has 1 aromatic carbocycles. The third kappa shape index (κ3) is 3.21. The van der Waals surface area contributed by atoms with Crippen molar-refractivity contribution in [3.8, 4) is 11.5 Å². The highest BCUT2D eigenvalue weighted by Crippen LogP contribution is 2.35. The van der Waals surface area contributed by atoms with Crippen LogP contribution in [0.25, 0.3) is 0 Å². The van der Waals surface area contributed by atoms with E-state index < -0.39 is 23.9 Å². The molecule has 9 heteroatoms. The lowest BCUT2D eigenvalue weighted by molar-refractivity contribution is -0.125. The number of primary amides is 1. The molecule has 2 amide bonds. The Morgan fingerprint density at radius 1 is 1.27 bits per heavy atom. The number of ether oxygens (including phenoxy) is 3. The summed E-state index contributed by atoms with van der Waals surface area (Å²) in [6, 6.07) is 6.98. The van der Waals surface area contributed by atoms with Gasteiger partial charge in [0.15, 0.2) is 11.5 Å². The summed E-state index contributed by atoms with van der Waals surface area (Å²) < 4.78 is 15.8. The molecule has 0 fully saturated rings. The number of rotatable bonds is 4. The quantitative estimate of drug-likeness (QED) is 0.785. The first-order valence-corrected chi connectivity index (χ1v) is 8.45. The molecule has 3 rings (SSSR count). The number of hydrogen-bond donors (Lipinski definition) is 2. The molecule has 8 nitrogen and oxygen atoms in total. The van der Waals surface area contributed by atoms with Gasteiger partial charge in [-0.25, -0.2) is 4.79 Å². The first-order chi connectivity index (χ1) is 12.4. The smallest absolute Gasteiger partial charge is 0.348 e. The Balaban J connectivity index is 1.84. The standard InChI is InChI=1S/C17H16N2O6S/c1-8-12(14(18)20)16(26-13(8)17(22)23-2)19-15(21)11-7-24-9-5-3-4-6-10(9)25-11/h3-6,11H,7H2,1-2H3,(H2,18,20)(H,19,21). The lowest BCUT2D eigenvalue weighted by atomic mass is 10.1. The summed E-state index contributed by atoms with van der Waals surface area (Å²) in [6.07, 6.45) is -0.908. The van der Waals surface area contributed by atoms with Crippen LogP contribution in [0.2, 0.25) is 0 Å². The molecule has 0 spiro atoms. The molecule has 0 saturated carbocycles. The van der Waals surface area contributed by atoms with Gasteiger partial charge >= 0.3 is 5.97 Å². The Kier molecular flexibility index (Phi) is 4.81. The van der Waals surface area contributed by atoms with Gasteiger partial charge in [-0.2, -0.15) is 0 Å². The summed E-state index contributed by atoms with van der Waals surface area (Å²) in [5.41, 5.74) is 5.82. The van der Waals surface area contributed by atoms with E-state index in [4.69, 9.17) is 15.2 Å². The highest BCUT2D eigenvalue weighted by molar-refractivity contribution is 7.18. The van der Waals surface area contributed by atoms with E-state index in [1.807, 2.05) is 0 Å². The molecule has 26 heavy (non-hydrogen) atoms. The van der Waals surface area contributed by atoms with Crippen molar-refractivity contribution in [2.45, 2.75) is 13.0 Å². The van der Waals surface area contributed by atoms with Crippen LogP contribution in [0.4, 0.5) is 5.00 Å². The number of benzene rings is 1. The number of esters is 1. The van der Waals surface area contributed by atoms with Gasteiger partial charge in [-0.1, -0.05) is 12.1 Å². The van der Waals surface area contributed by atoms with Gasteiger partial charge in [-0.05, 0) is 24.6 Å². The van der Waals surface area contributed by atoms with Crippen molar-refractivity contribution in [3.05, 3.63) is 40.3 Å². The maximum atomic E-state index is 12.5. The third-order valence-corrected chi connectivity index (χ3v) is 4.99. The molecule has 0 saturated heterocycles. The molecule has 1 unspecified atom stereocenters. The average Bonchev–Trinajstić information content (AvgIpc) is 2.96. The molecule has 0 bridgehead atoms. The number of carbonyl (C=O) groups is 3. The second-order valence-electron chi connectivity index (χ2n) is 5.47. The molecule has 0 radical (unpaired) electrons. The lowest BCUT2D eigenvalue weighted by Gasteiger charge is -2.25. The number of hydrogen-bond acceptors (Lipinski definition) is 7. The number of thiophene rings is 1. The summed E-state index contributed by atoms with van der Waals surface area (Å²) in [7, 11) is 1.23. The van der Waals surface area contributed by atoms with Gasteiger partial charge in [-0.3, -0.25) is 9.59 Å². The fourth-order valence-corrected chi connectivity index (χ4v) is 3.66. The Bertz CT molecular complexity index is 891. The van der Waals surface area contributed by atoms with Gasteiger partial charge in [0.2, 0.25) is 6.10 Å². The number of carbonyl (C=O) groups excluding carboxylic acids is 3. The Morgan fingerprint density at radius 3 is 2.62 bits per heavy atom. The van der Waals surface area contributed by atoms with Crippen molar-refractivity contribution < 1.29 is 28.6 Å². The van der Waals surface area contributed by atoms with Gasteiger partial charge < -0.3 is 25.3 Å². The topological polar surface area (TPSA) is 117 Å². The van der Waals surface area contributed by atoms with E-state index in [-0.39, 0.29) is 22.0 Å². The van der Waals surface area contributed by atoms with E-state index in [1.165, 1.54) is 7.11 Å². The normalized spacial score (nSPS) is 15.2. The number of anilines is 1. The van der Waals surface area contributed by atoms with E-state index in [0.29, 0.717) is 17.1 Å². The van der Waals surface area contributed by atoms with Crippen LogP contribution in [0.5, 0.6) is 11.5 Å². The zero-order chi connectivity index (χ0) is 18.8. The molecule has 2 heterocycles. The summed E-state index contributed by atoms with van der Waals surface area (Å²) in [5, 5.41) is 2.77. The summed E-state index contributed by atoms with van der Waals surface area (Å²) >= 11 is 0.921. The Hall–Kier alpha value is -3.07. The molecule has 0 aliphatic carbocycles. The lowest BCUT2D eigenvalue weighted by Crippen LogP contribution is -2.40. The summed E-state index contributed by atoms with van der Waals surface area (Å²) in [4.78, 5) is 36.3. The van der Waals surface area contributed by atoms with E-state index in [0.717, 1.165) is 11.3 Å². The molecule has 2 aromatic rings. The number of nitrogens with one attached hydrogen (secondary N) is 1. The van der Waals surface area contributed by atoms with Crippen LogP contribution < -0.4 is 20.5 Å². The van der Waals surface area contributed by atoms with Crippen molar-refractivity contribution in [2.24, 2.45) is 5.73 Å². The Morgan fingerprint density at radius 2 is 1.96 bits per heavy atom. The van der Waals surface area contributed by atoms with E-state index in [2.05, 4.69) is 10.1 Å². The van der Waals surface area contributed by atoms with Crippen LogP contribution in [0.15, 0.2) is 24.3 Å². The van der Waals surface area contributed by atoms with Crippen LogP contribution in [-0.2, 0) is 9.53 Å². The second kappa shape index (κ2) is 7.04. The minimum atomic E-state index is -0.908. The maximum absolute atomic E-state index is 12.5. The number of fused-ring (bicyclic) bond motifs is 1. The molecular weight excluding hydrogens is 360 g/mol. The average molecular weight is 376 g/mol. The number of nitrogens with two attached hydrogens (primary N) is 1. The van der Waals surface area contributed by atoms with Gasteiger partial charge in [0.25, 0.3) is 11.8 Å². The van der Waals surface area contributed by atoms with Crippen LogP contribution in [0.1, 0.15) is 25.6 Å². The van der Waals surface area contributed by atoms with E-state index >= 15 is 0 Å². The SMILES string of the molecule is COC(=O)c1sc(NC(=O)C2COc3ccccc3O2)c(C(N)=O)c1C. The van der Waals surface area contributed by atoms with Crippen LogP contribution in [-0.4, -0.2) is 37.6 Å². The van der Waals surface area contributed by atoms with Crippen molar-refractivity contribution >= 4 is 34.1 Å². The zero-order valence-corrected chi connectivity index (χ0v) is 14.8. The van der Waals surface area contributed by atoms with Crippen molar-refractivity contribution in [1.29, 1.82) is 0 Å². The van der Waals surface area contributed by atoms with Crippen LogP contribution in [0, 0.1) is 6.92 Å². The molecule has 1 aromatic heterocycles. The second-order valence-corrected chi connectivity index (χ2v) is 6.49. The summed E-state index contributed by atoms with van der Waals surface area (Å²) in [5.74, 6) is -0.877. The first-order valence-electron chi connectivity index (χ1n) is 7.63. The molecule has 3 N–H and O–H groups in total. The van der Waals surface area contributed by atoms with Gasteiger partial charge in [0.1, 0.15) is 16.5 Å². The minimum Gasteiger partial charge on any atom is -0.485 e. The third-order valence-electron chi connectivity index (χ3n) is 3.80. The predicted molar refractivity (Wildman–Crippen MR) is 93.9 cm³/mol. The molecule has 136 valence electrons. The minimum absolute atomic E-state index is 0.0168. The maximum Gasteiger partial charge on any atom is 0.348 e. The predicted octanol–water partition coefficient (Wildman–Crippen LogP) is 1.72. The fourth-order valence-electron chi connectivity index (χ4n) is 2.53. The number of amides is 2.